The number of unbranched alkanes of at least 4 members (excludes halogenated alkanes) is 2. The summed E-state index contributed by atoms with van der Waals surface area (Å²) in [6.07, 6.45) is 14.3. The topological polar surface area (TPSA) is 12.0 Å². The first-order valence-electron chi connectivity index (χ1n) is 7.61. The molecular weight excluding hydrogens is 194 g/mol. The monoisotopic (exact) mass is 225 g/mol. The van der Waals surface area contributed by atoms with Crippen LogP contribution in [-0.4, -0.2) is 12.6 Å². The van der Waals surface area contributed by atoms with Crippen molar-refractivity contribution in [2.24, 2.45) is 5.92 Å². The van der Waals surface area contributed by atoms with Crippen molar-refractivity contribution in [2.75, 3.05) is 6.54 Å². The standard InChI is InChI=1S/C15H31N/c1-3-5-7-12-15(16-13-4-2)14-10-8-6-9-11-14/h14-16H,3-13H2,1-2H3. The Hall–Kier alpha value is -0.0400. The largest absolute Gasteiger partial charge is 0.314 e. The maximum absolute atomic E-state index is 3.80. The summed E-state index contributed by atoms with van der Waals surface area (Å²) in [5.41, 5.74) is 0. The maximum Gasteiger partial charge on any atom is 0.00953 e. The first-order valence-corrected chi connectivity index (χ1v) is 7.61. The van der Waals surface area contributed by atoms with E-state index in [1.807, 2.05) is 0 Å². The molecule has 0 aromatic heterocycles. The second-order valence-electron chi connectivity index (χ2n) is 5.45. The molecule has 1 saturated carbocycles. The van der Waals surface area contributed by atoms with E-state index >= 15 is 0 Å². The van der Waals surface area contributed by atoms with E-state index in [1.54, 1.807) is 0 Å². The molecule has 1 aliphatic carbocycles. The molecule has 1 aliphatic rings. The molecule has 0 heterocycles. The number of hydrogen-bond donors (Lipinski definition) is 1. The molecule has 96 valence electrons. The quantitative estimate of drug-likeness (QED) is 0.599. The minimum absolute atomic E-state index is 0.826. The Labute approximate surface area is 102 Å². The van der Waals surface area contributed by atoms with Crippen LogP contribution < -0.4 is 5.32 Å². The summed E-state index contributed by atoms with van der Waals surface area (Å²) >= 11 is 0. The van der Waals surface area contributed by atoms with Gasteiger partial charge in [-0.25, -0.2) is 0 Å². The van der Waals surface area contributed by atoms with Gasteiger partial charge in [-0.1, -0.05) is 52.4 Å². The Morgan fingerprint density at radius 2 is 1.75 bits per heavy atom. The lowest BCUT2D eigenvalue weighted by Crippen LogP contribution is -2.37. The normalized spacial score (nSPS) is 19.9. The van der Waals surface area contributed by atoms with Gasteiger partial charge in [-0.15, -0.1) is 0 Å². The fraction of sp³-hybridized carbons (Fsp3) is 1.00. The van der Waals surface area contributed by atoms with Gasteiger partial charge >= 0.3 is 0 Å². The molecular formula is C15H31N. The van der Waals surface area contributed by atoms with Gasteiger partial charge in [0, 0.05) is 6.04 Å². The van der Waals surface area contributed by atoms with Crippen molar-refractivity contribution >= 4 is 0 Å². The van der Waals surface area contributed by atoms with Crippen molar-refractivity contribution < 1.29 is 0 Å². The predicted octanol–water partition coefficient (Wildman–Crippen LogP) is 4.52. The van der Waals surface area contributed by atoms with Gasteiger partial charge in [0.05, 0.1) is 0 Å². The molecule has 0 aromatic rings. The van der Waals surface area contributed by atoms with E-state index in [-0.39, 0.29) is 0 Å². The first-order chi connectivity index (χ1) is 7.88. The zero-order valence-corrected chi connectivity index (χ0v) is 11.4. The van der Waals surface area contributed by atoms with E-state index in [0.717, 1.165) is 12.0 Å². The Kier molecular flexibility index (Phi) is 7.92. The Bertz CT molecular complexity index is 150. The van der Waals surface area contributed by atoms with Crippen molar-refractivity contribution in [3.8, 4) is 0 Å². The summed E-state index contributed by atoms with van der Waals surface area (Å²) in [6.45, 7) is 5.79. The van der Waals surface area contributed by atoms with E-state index in [2.05, 4.69) is 19.2 Å². The highest BCUT2D eigenvalue weighted by Gasteiger charge is 2.22. The molecule has 1 heteroatoms. The molecule has 1 atom stereocenters. The summed E-state index contributed by atoms with van der Waals surface area (Å²) in [5, 5.41) is 3.80. The molecule has 1 rings (SSSR count). The fourth-order valence-corrected chi connectivity index (χ4v) is 2.98. The molecule has 0 aromatic carbocycles. The minimum atomic E-state index is 0.826. The summed E-state index contributed by atoms with van der Waals surface area (Å²) in [6, 6.07) is 0.826. The van der Waals surface area contributed by atoms with E-state index in [4.69, 9.17) is 0 Å². The molecule has 1 unspecified atom stereocenters. The third-order valence-electron chi connectivity index (χ3n) is 3.99. The Morgan fingerprint density at radius 3 is 2.38 bits per heavy atom. The lowest BCUT2D eigenvalue weighted by Gasteiger charge is -2.31. The average Bonchev–Trinajstić information content (AvgIpc) is 2.35. The first kappa shape index (κ1) is 14.0. The average molecular weight is 225 g/mol. The molecule has 16 heavy (non-hydrogen) atoms. The Morgan fingerprint density at radius 1 is 1.00 bits per heavy atom. The number of hydrogen-bond acceptors (Lipinski definition) is 1. The van der Waals surface area contributed by atoms with Crippen LogP contribution in [0.1, 0.15) is 78.1 Å². The summed E-state index contributed by atoms with van der Waals surface area (Å²) in [7, 11) is 0. The molecule has 0 spiro atoms. The third-order valence-corrected chi connectivity index (χ3v) is 3.99. The van der Waals surface area contributed by atoms with Gasteiger partial charge < -0.3 is 5.32 Å². The highest BCUT2D eigenvalue weighted by Crippen LogP contribution is 2.28. The van der Waals surface area contributed by atoms with Crippen LogP contribution >= 0.6 is 0 Å². The van der Waals surface area contributed by atoms with Gasteiger partial charge in [-0.2, -0.15) is 0 Å². The zero-order valence-electron chi connectivity index (χ0n) is 11.4. The van der Waals surface area contributed by atoms with Gasteiger partial charge in [0.1, 0.15) is 0 Å². The van der Waals surface area contributed by atoms with Crippen molar-refractivity contribution in [2.45, 2.75) is 84.1 Å². The molecule has 0 saturated heterocycles. The van der Waals surface area contributed by atoms with Gasteiger partial charge in [0.15, 0.2) is 0 Å². The van der Waals surface area contributed by atoms with Crippen molar-refractivity contribution in [1.29, 1.82) is 0 Å². The highest BCUT2D eigenvalue weighted by atomic mass is 14.9. The summed E-state index contributed by atoms with van der Waals surface area (Å²) in [5.74, 6) is 0.983. The van der Waals surface area contributed by atoms with Crippen molar-refractivity contribution in [3.05, 3.63) is 0 Å². The van der Waals surface area contributed by atoms with Crippen LogP contribution in [0, 0.1) is 5.92 Å². The molecule has 0 amide bonds. The minimum Gasteiger partial charge on any atom is -0.314 e. The van der Waals surface area contributed by atoms with E-state index in [9.17, 15) is 0 Å². The second-order valence-corrected chi connectivity index (χ2v) is 5.45. The lowest BCUT2D eigenvalue weighted by atomic mass is 9.82. The second kappa shape index (κ2) is 9.04. The van der Waals surface area contributed by atoms with Crippen LogP contribution in [0.25, 0.3) is 0 Å². The SMILES string of the molecule is CCCCCC(NCCC)C1CCCCC1. The summed E-state index contributed by atoms with van der Waals surface area (Å²) < 4.78 is 0. The third kappa shape index (κ3) is 5.34. The zero-order chi connectivity index (χ0) is 11.6. The van der Waals surface area contributed by atoms with Crippen LogP contribution in [0.15, 0.2) is 0 Å². The van der Waals surface area contributed by atoms with Crippen LogP contribution in [0.2, 0.25) is 0 Å². The van der Waals surface area contributed by atoms with Crippen molar-refractivity contribution in [1.82, 2.24) is 5.32 Å². The van der Waals surface area contributed by atoms with Gasteiger partial charge in [0.2, 0.25) is 0 Å². The van der Waals surface area contributed by atoms with Crippen molar-refractivity contribution in [3.63, 3.8) is 0 Å². The van der Waals surface area contributed by atoms with Crippen LogP contribution in [0.4, 0.5) is 0 Å². The highest BCUT2D eigenvalue weighted by molar-refractivity contribution is 4.79. The van der Waals surface area contributed by atoms with Crippen LogP contribution in [0.3, 0.4) is 0 Å². The summed E-state index contributed by atoms with van der Waals surface area (Å²) in [4.78, 5) is 0. The molecule has 0 radical (unpaired) electrons. The van der Waals surface area contributed by atoms with Crippen LogP contribution in [0.5, 0.6) is 0 Å². The van der Waals surface area contributed by atoms with Gasteiger partial charge in [0.25, 0.3) is 0 Å². The lowest BCUT2D eigenvalue weighted by molar-refractivity contribution is 0.254. The smallest absolute Gasteiger partial charge is 0.00953 e. The number of nitrogens with one attached hydrogen (secondary N) is 1. The number of rotatable bonds is 8. The Balaban J connectivity index is 2.28. The molecule has 1 nitrogen and oxygen atoms in total. The molecule has 1 fully saturated rings. The predicted molar refractivity (Wildman–Crippen MR) is 72.8 cm³/mol. The van der Waals surface area contributed by atoms with E-state index in [0.29, 0.717) is 0 Å². The van der Waals surface area contributed by atoms with E-state index < -0.39 is 0 Å². The van der Waals surface area contributed by atoms with Gasteiger partial charge in [-0.05, 0) is 38.1 Å². The molecule has 0 bridgehead atoms. The van der Waals surface area contributed by atoms with E-state index in [1.165, 1.54) is 70.8 Å². The molecule has 0 aliphatic heterocycles. The van der Waals surface area contributed by atoms with Gasteiger partial charge in [-0.3, -0.25) is 0 Å². The van der Waals surface area contributed by atoms with Crippen LogP contribution in [-0.2, 0) is 0 Å². The fourth-order valence-electron chi connectivity index (χ4n) is 2.98. The maximum atomic E-state index is 3.80. The molecule has 1 N–H and O–H groups in total.